The Balaban J connectivity index is 2.44. The Kier molecular flexibility index (Phi) is 4.05. The van der Waals surface area contributed by atoms with Gasteiger partial charge < -0.3 is 5.11 Å². The van der Waals surface area contributed by atoms with Gasteiger partial charge >= 0.3 is 0 Å². The Morgan fingerprint density at radius 1 is 1.14 bits per heavy atom. The number of sulfone groups is 1. The molecule has 0 saturated carbocycles. The molecule has 0 atom stereocenters. The summed E-state index contributed by atoms with van der Waals surface area (Å²) < 4.78 is 23.8. The molecule has 2 rings (SSSR count). The van der Waals surface area contributed by atoms with Gasteiger partial charge in [0, 0.05) is 6.26 Å². The van der Waals surface area contributed by atoms with E-state index < -0.39 is 9.84 Å². The van der Waals surface area contributed by atoms with Crippen LogP contribution in [0.3, 0.4) is 0 Å². The lowest BCUT2D eigenvalue weighted by atomic mass is 9.42. The Labute approximate surface area is 128 Å². The van der Waals surface area contributed by atoms with Gasteiger partial charge in [-0.15, -0.1) is 0 Å². The lowest BCUT2D eigenvalue weighted by Crippen LogP contribution is -2.29. The maximum atomic E-state index is 11.9. The van der Waals surface area contributed by atoms with Crippen molar-refractivity contribution < 1.29 is 13.5 Å². The molecule has 116 valence electrons. The molecule has 0 amide bonds. The number of rotatable bonds is 3. The maximum Gasteiger partial charge on any atom is 0.177 e. The van der Waals surface area contributed by atoms with Crippen LogP contribution in [0.1, 0.15) is 33.3 Å². The highest BCUT2D eigenvalue weighted by Crippen LogP contribution is 2.52. The molecule has 1 heterocycles. The smallest absolute Gasteiger partial charge is 0.177 e. The third kappa shape index (κ3) is 3.04. The molecular weight excluding hydrogens is 283 g/mol. The van der Waals surface area contributed by atoms with Crippen LogP contribution in [-0.4, -0.2) is 26.5 Å². The second-order valence-electron chi connectivity index (χ2n) is 7.67. The van der Waals surface area contributed by atoms with Gasteiger partial charge in [-0.2, -0.15) is 0 Å². The minimum Gasteiger partial charge on any atom is -0.392 e. The summed E-state index contributed by atoms with van der Waals surface area (Å²) in [6.45, 7) is 9.27. The highest BCUT2D eigenvalue weighted by molar-refractivity contribution is 7.90. The number of hydrogen-bond acceptors (Lipinski definition) is 3. The zero-order valence-corrected chi connectivity index (χ0v) is 14.4. The quantitative estimate of drug-likeness (QED) is 0.872. The molecule has 1 aliphatic rings. The Hall–Kier alpha value is -0.805. The van der Waals surface area contributed by atoms with Crippen molar-refractivity contribution in [2.45, 2.75) is 51.8 Å². The molecule has 0 bridgehead atoms. The van der Waals surface area contributed by atoms with Gasteiger partial charge in [0.1, 0.15) is 0 Å². The van der Waals surface area contributed by atoms with Gasteiger partial charge in [-0.3, -0.25) is 0 Å². The van der Waals surface area contributed by atoms with Crippen LogP contribution >= 0.6 is 0 Å². The Bertz CT molecular complexity index is 631. The molecule has 1 fully saturated rings. The fourth-order valence-electron chi connectivity index (χ4n) is 3.39. The average Bonchev–Trinajstić information content (AvgIpc) is 2.56. The summed E-state index contributed by atoms with van der Waals surface area (Å²) in [5, 5.41) is 9.34. The van der Waals surface area contributed by atoms with Crippen molar-refractivity contribution in [3.8, 4) is 0 Å². The molecule has 21 heavy (non-hydrogen) atoms. The van der Waals surface area contributed by atoms with E-state index >= 15 is 0 Å². The van der Waals surface area contributed by atoms with Crippen molar-refractivity contribution in [3.63, 3.8) is 0 Å². The monoisotopic (exact) mass is 308 g/mol. The molecule has 0 unspecified atom stereocenters. The number of hydrogen-bond donors (Lipinski definition) is 1. The highest BCUT2D eigenvalue weighted by atomic mass is 32.2. The maximum absolute atomic E-state index is 11.9. The van der Waals surface area contributed by atoms with E-state index in [0.29, 0.717) is 12.3 Å². The minimum atomic E-state index is -3.32. The van der Waals surface area contributed by atoms with E-state index in [9.17, 15) is 13.5 Å². The predicted molar refractivity (Wildman–Crippen MR) is 88.0 cm³/mol. The molecule has 0 spiro atoms. The van der Waals surface area contributed by atoms with Gasteiger partial charge in [0.25, 0.3) is 0 Å². The van der Waals surface area contributed by atoms with Gasteiger partial charge in [-0.1, -0.05) is 57.9 Å². The molecule has 0 radical (unpaired) electrons. The van der Waals surface area contributed by atoms with E-state index in [1.807, 2.05) is 6.07 Å². The zero-order chi connectivity index (χ0) is 16.1. The van der Waals surface area contributed by atoms with Crippen LogP contribution in [-0.2, 0) is 16.4 Å². The van der Waals surface area contributed by atoms with Crippen molar-refractivity contribution in [1.82, 2.24) is 0 Å². The Morgan fingerprint density at radius 2 is 1.67 bits per heavy atom. The third-order valence-corrected chi connectivity index (χ3v) is 6.66. The third-order valence-electron chi connectivity index (χ3n) is 5.48. The van der Waals surface area contributed by atoms with Crippen molar-refractivity contribution in [2.24, 2.45) is 10.8 Å². The first kappa shape index (κ1) is 16.6. The van der Waals surface area contributed by atoms with Gasteiger partial charge in [-0.05, 0) is 22.5 Å². The van der Waals surface area contributed by atoms with Crippen LogP contribution in [0.4, 0.5) is 0 Å². The molecule has 1 aromatic rings. The van der Waals surface area contributed by atoms with E-state index in [0.717, 1.165) is 18.1 Å². The second-order valence-corrected chi connectivity index (χ2v) is 9.65. The van der Waals surface area contributed by atoms with Crippen LogP contribution in [0, 0.1) is 10.8 Å². The Morgan fingerprint density at radius 3 is 2.10 bits per heavy atom. The summed E-state index contributed by atoms with van der Waals surface area (Å²) >= 11 is 0. The predicted octanol–water partition coefficient (Wildman–Crippen LogP) is 2.35. The molecule has 1 aromatic carbocycles. The van der Waals surface area contributed by atoms with E-state index in [-0.39, 0.29) is 22.3 Å². The van der Waals surface area contributed by atoms with Crippen LogP contribution in [0.2, 0.25) is 12.6 Å². The topological polar surface area (TPSA) is 54.4 Å². The molecule has 5 heteroatoms. The fourth-order valence-corrected chi connectivity index (χ4v) is 4.35. The molecule has 3 nitrogen and oxygen atoms in total. The van der Waals surface area contributed by atoms with Crippen LogP contribution in [0.5, 0.6) is 0 Å². The molecule has 1 aliphatic heterocycles. The average molecular weight is 308 g/mol. The molecular formula is C16H25BO3S. The van der Waals surface area contributed by atoms with Gasteiger partial charge in [-0.25, -0.2) is 8.42 Å². The number of aliphatic hydroxyl groups excluding tert-OH is 1. The highest BCUT2D eigenvalue weighted by Gasteiger charge is 2.48. The van der Waals surface area contributed by atoms with Gasteiger partial charge in [0.15, 0.2) is 16.6 Å². The number of benzene rings is 1. The summed E-state index contributed by atoms with van der Waals surface area (Å²) in [4.78, 5) is 0.269. The summed E-state index contributed by atoms with van der Waals surface area (Å²) in [5.41, 5.74) is 2.03. The van der Waals surface area contributed by atoms with E-state index in [4.69, 9.17) is 0 Å². The molecule has 0 aliphatic carbocycles. The standard InChI is InChI=1S/C16H25BO3S/c1-15(2)10-17(11-16(15,3)4)13-7-6-12(9-18)14(8-13)21(5,19)20/h6-8,18H,9-11H2,1-5H3. The van der Waals surface area contributed by atoms with Crippen LogP contribution < -0.4 is 5.46 Å². The second kappa shape index (κ2) is 5.13. The van der Waals surface area contributed by atoms with Crippen molar-refractivity contribution in [1.29, 1.82) is 0 Å². The summed E-state index contributed by atoms with van der Waals surface area (Å²) in [5.74, 6) is 0. The zero-order valence-electron chi connectivity index (χ0n) is 13.6. The van der Waals surface area contributed by atoms with Gasteiger partial charge in [0.2, 0.25) is 0 Å². The SMILES string of the molecule is CC1(C)CB(c2ccc(CO)c(S(C)(=O)=O)c2)CC1(C)C. The van der Waals surface area contributed by atoms with Crippen molar-refractivity contribution in [2.75, 3.05) is 6.26 Å². The number of aliphatic hydroxyl groups is 1. The lowest BCUT2D eigenvalue weighted by Gasteiger charge is -2.35. The lowest BCUT2D eigenvalue weighted by molar-refractivity contribution is 0.177. The normalized spacial score (nSPS) is 20.8. The molecule has 1 saturated heterocycles. The van der Waals surface area contributed by atoms with Crippen molar-refractivity contribution in [3.05, 3.63) is 23.8 Å². The fraction of sp³-hybridized carbons (Fsp3) is 0.625. The summed E-state index contributed by atoms with van der Waals surface area (Å²) in [6.07, 6.45) is 3.32. The van der Waals surface area contributed by atoms with E-state index in [2.05, 4.69) is 27.7 Å². The largest absolute Gasteiger partial charge is 0.392 e. The summed E-state index contributed by atoms with van der Waals surface area (Å²) in [6, 6.07) is 5.50. The first-order chi connectivity index (χ1) is 9.48. The van der Waals surface area contributed by atoms with Crippen LogP contribution in [0.25, 0.3) is 0 Å². The van der Waals surface area contributed by atoms with Gasteiger partial charge in [0.05, 0.1) is 11.5 Å². The van der Waals surface area contributed by atoms with E-state index in [1.165, 1.54) is 6.26 Å². The van der Waals surface area contributed by atoms with Crippen LogP contribution in [0.15, 0.2) is 23.1 Å². The van der Waals surface area contributed by atoms with E-state index in [1.54, 1.807) is 12.1 Å². The first-order valence-electron chi connectivity index (χ1n) is 7.42. The summed E-state index contributed by atoms with van der Waals surface area (Å²) in [7, 11) is -3.32. The molecule has 1 N–H and O–H groups in total. The first-order valence-corrected chi connectivity index (χ1v) is 9.31. The molecule has 0 aromatic heterocycles. The van der Waals surface area contributed by atoms with Crippen molar-refractivity contribution >= 4 is 22.0 Å². The minimum absolute atomic E-state index is 0.235.